The molecule has 3 aromatic rings. The highest BCUT2D eigenvalue weighted by atomic mass is 32.1. The standard InChI is InChI=1S/C28H32N4O4S/c1-18(16-25(33)27(30)35)31-23(14-13-22-8-5-15-37-22)28(36)32-24(26(29)34)17-19-9-11-21(12-10-19)20-6-3-2-4-7-20/h2-12,15,23-25,31,33H,1,13-14,16-17H2,(H2,29,34)(H2,30,35)(H,32,36)/t23-,24+,25-/m1/s1. The first-order chi connectivity index (χ1) is 17.7. The number of aliphatic hydroxyl groups excluding tert-OH is 1. The summed E-state index contributed by atoms with van der Waals surface area (Å²) in [7, 11) is 0. The number of thiophene rings is 1. The Morgan fingerprint density at radius 2 is 1.54 bits per heavy atom. The Bertz CT molecular complexity index is 1200. The highest BCUT2D eigenvalue weighted by Crippen LogP contribution is 2.20. The highest BCUT2D eigenvalue weighted by molar-refractivity contribution is 7.09. The van der Waals surface area contributed by atoms with Crippen LogP contribution in [-0.2, 0) is 27.2 Å². The van der Waals surface area contributed by atoms with Crippen molar-refractivity contribution < 1.29 is 19.5 Å². The average molecular weight is 521 g/mol. The zero-order chi connectivity index (χ0) is 26.8. The number of nitrogens with one attached hydrogen (secondary N) is 2. The van der Waals surface area contributed by atoms with Crippen LogP contribution in [0.1, 0.15) is 23.3 Å². The van der Waals surface area contributed by atoms with Crippen molar-refractivity contribution in [3.63, 3.8) is 0 Å². The normalized spacial score (nSPS) is 13.2. The Morgan fingerprint density at radius 1 is 0.865 bits per heavy atom. The van der Waals surface area contributed by atoms with Crippen LogP contribution in [-0.4, -0.2) is 41.0 Å². The predicted molar refractivity (Wildman–Crippen MR) is 145 cm³/mol. The molecule has 0 fully saturated rings. The number of aryl methyl sites for hydroxylation is 1. The van der Waals surface area contributed by atoms with Gasteiger partial charge in [-0.15, -0.1) is 11.3 Å². The van der Waals surface area contributed by atoms with Crippen LogP contribution in [0, 0.1) is 0 Å². The summed E-state index contributed by atoms with van der Waals surface area (Å²) in [5.74, 6) is -1.97. The quantitative estimate of drug-likeness (QED) is 0.221. The lowest BCUT2D eigenvalue weighted by Gasteiger charge is -2.24. The summed E-state index contributed by atoms with van der Waals surface area (Å²) in [6, 6.07) is 19.9. The first-order valence-electron chi connectivity index (χ1n) is 11.9. The van der Waals surface area contributed by atoms with E-state index in [1.165, 1.54) is 0 Å². The van der Waals surface area contributed by atoms with Gasteiger partial charge in [0.2, 0.25) is 17.7 Å². The third-order valence-electron chi connectivity index (χ3n) is 5.88. The first kappa shape index (κ1) is 27.6. The van der Waals surface area contributed by atoms with Gasteiger partial charge in [0.05, 0.1) is 0 Å². The van der Waals surface area contributed by atoms with Crippen LogP contribution in [0.5, 0.6) is 0 Å². The molecule has 0 unspecified atom stereocenters. The zero-order valence-corrected chi connectivity index (χ0v) is 21.2. The van der Waals surface area contributed by atoms with Crippen molar-refractivity contribution in [1.82, 2.24) is 10.6 Å². The van der Waals surface area contributed by atoms with Crippen LogP contribution in [0.3, 0.4) is 0 Å². The van der Waals surface area contributed by atoms with E-state index in [4.69, 9.17) is 11.5 Å². The van der Waals surface area contributed by atoms with Crippen molar-refractivity contribution in [2.24, 2.45) is 11.5 Å². The summed E-state index contributed by atoms with van der Waals surface area (Å²) in [4.78, 5) is 37.7. The Morgan fingerprint density at radius 3 is 2.14 bits per heavy atom. The first-order valence-corrected chi connectivity index (χ1v) is 12.8. The molecule has 2 aromatic carbocycles. The van der Waals surface area contributed by atoms with Crippen molar-refractivity contribution in [2.45, 2.75) is 43.9 Å². The number of hydrogen-bond acceptors (Lipinski definition) is 6. The van der Waals surface area contributed by atoms with Gasteiger partial charge in [0.25, 0.3) is 0 Å². The molecule has 1 aromatic heterocycles. The van der Waals surface area contributed by atoms with E-state index in [9.17, 15) is 19.5 Å². The molecule has 8 nitrogen and oxygen atoms in total. The number of benzene rings is 2. The second kappa shape index (κ2) is 13.4. The van der Waals surface area contributed by atoms with Crippen molar-refractivity contribution in [1.29, 1.82) is 0 Å². The van der Waals surface area contributed by atoms with Crippen molar-refractivity contribution >= 4 is 29.1 Å². The van der Waals surface area contributed by atoms with Crippen molar-refractivity contribution in [3.05, 3.63) is 94.8 Å². The summed E-state index contributed by atoms with van der Waals surface area (Å²) >= 11 is 1.57. The van der Waals surface area contributed by atoms with E-state index in [0.29, 0.717) is 12.8 Å². The second-order valence-electron chi connectivity index (χ2n) is 8.77. The van der Waals surface area contributed by atoms with Crippen LogP contribution in [0.25, 0.3) is 11.1 Å². The fourth-order valence-electron chi connectivity index (χ4n) is 3.84. The van der Waals surface area contributed by atoms with Gasteiger partial charge in [-0.2, -0.15) is 0 Å². The molecule has 0 saturated heterocycles. The maximum atomic E-state index is 13.2. The molecule has 3 amide bonds. The monoisotopic (exact) mass is 520 g/mol. The lowest BCUT2D eigenvalue weighted by Crippen LogP contribution is -2.52. The van der Waals surface area contributed by atoms with Gasteiger partial charge < -0.3 is 27.2 Å². The van der Waals surface area contributed by atoms with E-state index in [1.54, 1.807) is 11.3 Å². The molecule has 0 radical (unpaired) electrons. The fourth-order valence-corrected chi connectivity index (χ4v) is 4.57. The third kappa shape index (κ3) is 8.59. The lowest BCUT2D eigenvalue weighted by molar-refractivity contribution is -0.128. The molecular formula is C28H32N4O4S. The molecular weight excluding hydrogens is 488 g/mol. The summed E-state index contributed by atoms with van der Waals surface area (Å²) in [5.41, 5.74) is 14.0. The number of carbonyl (C=O) groups is 3. The summed E-state index contributed by atoms with van der Waals surface area (Å²) in [6.07, 6.45) is -0.315. The molecule has 0 saturated carbocycles. The molecule has 194 valence electrons. The van der Waals surface area contributed by atoms with Gasteiger partial charge in [-0.05, 0) is 41.0 Å². The molecule has 0 aliphatic heterocycles. The minimum atomic E-state index is -1.42. The summed E-state index contributed by atoms with van der Waals surface area (Å²) in [6.45, 7) is 3.81. The summed E-state index contributed by atoms with van der Waals surface area (Å²) < 4.78 is 0. The van der Waals surface area contributed by atoms with E-state index in [-0.39, 0.29) is 18.5 Å². The van der Waals surface area contributed by atoms with Gasteiger partial charge in [0.1, 0.15) is 18.2 Å². The minimum Gasteiger partial charge on any atom is -0.383 e. The van der Waals surface area contributed by atoms with Crippen LogP contribution in [0.15, 0.2) is 84.4 Å². The van der Waals surface area contributed by atoms with E-state index in [0.717, 1.165) is 21.6 Å². The van der Waals surface area contributed by atoms with Crippen LogP contribution >= 0.6 is 11.3 Å². The smallest absolute Gasteiger partial charge is 0.246 e. The maximum absolute atomic E-state index is 13.2. The molecule has 1 heterocycles. The van der Waals surface area contributed by atoms with E-state index >= 15 is 0 Å². The van der Waals surface area contributed by atoms with E-state index in [1.807, 2.05) is 72.1 Å². The van der Waals surface area contributed by atoms with Crippen molar-refractivity contribution in [2.75, 3.05) is 0 Å². The molecule has 0 spiro atoms. The molecule has 37 heavy (non-hydrogen) atoms. The Balaban J connectivity index is 1.68. The Hall–Kier alpha value is -3.95. The van der Waals surface area contributed by atoms with Gasteiger partial charge in [0, 0.05) is 23.4 Å². The molecule has 0 aliphatic rings. The molecule has 9 heteroatoms. The molecule has 3 rings (SSSR count). The lowest BCUT2D eigenvalue weighted by atomic mass is 10.00. The fraction of sp³-hybridized carbons (Fsp3) is 0.250. The number of rotatable bonds is 14. The number of nitrogens with two attached hydrogens (primary N) is 2. The maximum Gasteiger partial charge on any atom is 0.246 e. The largest absolute Gasteiger partial charge is 0.383 e. The third-order valence-corrected chi connectivity index (χ3v) is 6.82. The van der Waals surface area contributed by atoms with Crippen LogP contribution < -0.4 is 22.1 Å². The van der Waals surface area contributed by atoms with Gasteiger partial charge >= 0.3 is 0 Å². The SMILES string of the molecule is C=C(C[C@@H](O)C(N)=O)N[C@H](CCc1cccs1)C(=O)N[C@@H](Cc1ccc(-c2ccccc2)cc1)C(N)=O. The Labute approximate surface area is 220 Å². The molecule has 0 bridgehead atoms. The van der Waals surface area contributed by atoms with Gasteiger partial charge in [-0.3, -0.25) is 14.4 Å². The van der Waals surface area contributed by atoms with Gasteiger partial charge in [0.15, 0.2) is 0 Å². The van der Waals surface area contributed by atoms with Gasteiger partial charge in [-0.1, -0.05) is 67.2 Å². The van der Waals surface area contributed by atoms with Crippen LogP contribution in [0.2, 0.25) is 0 Å². The average Bonchev–Trinajstić information content (AvgIpc) is 3.40. The molecule has 3 atom stereocenters. The number of amides is 3. The second-order valence-corrected chi connectivity index (χ2v) is 9.80. The van der Waals surface area contributed by atoms with Gasteiger partial charge in [-0.25, -0.2) is 0 Å². The number of aliphatic hydroxyl groups is 1. The number of primary amides is 2. The molecule has 0 aliphatic carbocycles. The zero-order valence-electron chi connectivity index (χ0n) is 20.4. The highest BCUT2D eigenvalue weighted by Gasteiger charge is 2.26. The predicted octanol–water partition coefficient (Wildman–Crippen LogP) is 2.27. The van der Waals surface area contributed by atoms with E-state index in [2.05, 4.69) is 17.2 Å². The van der Waals surface area contributed by atoms with E-state index < -0.39 is 35.9 Å². The topological polar surface area (TPSA) is 148 Å². The minimum absolute atomic E-state index is 0.134. The van der Waals surface area contributed by atoms with Crippen LogP contribution in [0.4, 0.5) is 0 Å². The molecule has 7 N–H and O–H groups in total. The number of hydrogen-bond donors (Lipinski definition) is 5. The number of carbonyl (C=O) groups excluding carboxylic acids is 3. The Kier molecular flexibility index (Phi) is 10.00. The summed E-state index contributed by atoms with van der Waals surface area (Å²) in [5, 5.41) is 17.5. The van der Waals surface area contributed by atoms with Crippen molar-refractivity contribution in [3.8, 4) is 11.1 Å².